The van der Waals surface area contributed by atoms with Gasteiger partial charge in [0.1, 0.15) is 58.2 Å². The molecule has 0 saturated heterocycles. The third-order valence-electron chi connectivity index (χ3n) is 19.0. The fourth-order valence-electron chi connectivity index (χ4n) is 12.2. The average Bonchev–Trinajstić information content (AvgIpc) is 0.815. The van der Waals surface area contributed by atoms with Crippen LogP contribution in [0.3, 0.4) is 0 Å². The van der Waals surface area contributed by atoms with Gasteiger partial charge >= 0.3 is 0 Å². The van der Waals surface area contributed by atoms with Crippen LogP contribution in [0, 0.1) is 54.0 Å². The van der Waals surface area contributed by atoms with Gasteiger partial charge in [-0.15, -0.1) is 0 Å². The van der Waals surface area contributed by atoms with Gasteiger partial charge in [-0.25, -0.2) is 28.7 Å². The van der Waals surface area contributed by atoms with Crippen molar-refractivity contribution in [1.82, 2.24) is 39.5 Å². The summed E-state index contributed by atoms with van der Waals surface area (Å²) in [6.07, 6.45) is 5.46. The number of Topliss-reactive ketones (excluding diaryl/α,β-unsaturated/α-hetero) is 4. The minimum Gasteiger partial charge on any atom is -0.363 e. The molecule has 0 fully saturated rings. The first-order chi connectivity index (χ1) is 59.8. The zero-order chi connectivity index (χ0) is 91.9. The number of pyridine rings is 4. The van der Waals surface area contributed by atoms with Crippen LogP contribution in [0.15, 0.2) is 231 Å². The Kier molecular flexibility index (Phi) is 35.4. The number of ketones is 4. The molecule has 12 rings (SSSR count). The molecule has 0 spiro atoms. The lowest BCUT2D eigenvalue weighted by Gasteiger charge is -2.14. The largest absolute Gasteiger partial charge is 0.363 e. The van der Waals surface area contributed by atoms with Gasteiger partial charge in [-0.1, -0.05) is 180 Å². The number of nitrogens with zero attached hydrogens (tertiary/aromatic N) is 8. The number of aryl methyl sites for hydroxylation is 3. The number of halogens is 7. The lowest BCUT2D eigenvalue weighted by atomic mass is 9.96. The third-order valence-corrected chi connectivity index (χ3v) is 20.2. The van der Waals surface area contributed by atoms with Gasteiger partial charge in [0.05, 0.1) is 31.2 Å². The van der Waals surface area contributed by atoms with Crippen molar-refractivity contribution in [3.05, 3.63) is 373 Å². The van der Waals surface area contributed by atoms with Gasteiger partial charge in [-0.2, -0.15) is 0 Å². The van der Waals surface area contributed by atoms with Gasteiger partial charge in [0, 0.05) is 168 Å². The van der Waals surface area contributed by atoms with Crippen LogP contribution in [-0.2, 0) is 25.7 Å². The van der Waals surface area contributed by atoms with E-state index in [4.69, 9.17) is 79.6 Å². The molecule has 0 aliphatic heterocycles. The van der Waals surface area contributed by atoms with Crippen molar-refractivity contribution in [2.24, 2.45) is 0 Å². The Hall–Kier alpha value is -13.9. The van der Waals surface area contributed by atoms with E-state index in [9.17, 15) is 47.1 Å². The van der Waals surface area contributed by atoms with Crippen LogP contribution in [0.2, 0.25) is 25.1 Å². The van der Waals surface area contributed by atoms with Crippen molar-refractivity contribution in [2.45, 2.75) is 53.9 Å². The quantitative estimate of drug-likeness (QED) is 0.0158. The van der Waals surface area contributed by atoms with Crippen LogP contribution in [0.1, 0.15) is 151 Å². The highest BCUT2D eigenvalue weighted by Crippen LogP contribution is 2.29. The Balaban J connectivity index is 0.000000209. The summed E-state index contributed by atoms with van der Waals surface area (Å²) in [4.78, 5) is 125. The molecule has 24 nitrogen and oxygen atoms in total. The van der Waals surface area contributed by atoms with Gasteiger partial charge < -0.3 is 40.9 Å². The maximum absolute atomic E-state index is 14.6. The number of rotatable bonds is 24. The Morgan fingerprint density at radius 1 is 0.307 bits per heavy atom. The Morgan fingerprint density at radius 3 is 0.937 bits per heavy atom. The van der Waals surface area contributed by atoms with E-state index in [1.54, 1.807) is 240 Å². The van der Waals surface area contributed by atoms with Crippen molar-refractivity contribution < 1.29 is 47.1 Å². The molecule has 0 aliphatic carbocycles. The molecule has 0 bridgehead atoms. The topological polar surface area (TPSA) is 345 Å². The van der Waals surface area contributed by atoms with Crippen LogP contribution >= 0.6 is 58.0 Å². The predicted octanol–water partition coefficient (Wildman–Crippen LogP) is 19.7. The second-order valence-corrected chi connectivity index (χ2v) is 31.6. The summed E-state index contributed by atoms with van der Waals surface area (Å²) >= 11 is 29.8. The molecule has 31 heteroatoms. The number of amides is 4. The van der Waals surface area contributed by atoms with Crippen LogP contribution < -0.4 is 21.3 Å². The minimum absolute atomic E-state index is 0. The molecule has 4 heterocycles. The molecule has 0 atom stereocenters. The second kappa shape index (κ2) is 45.7. The molecule has 12 aromatic rings. The third kappa shape index (κ3) is 27.8. The van der Waals surface area contributed by atoms with Gasteiger partial charge in [0.25, 0.3) is 23.6 Å². The van der Waals surface area contributed by atoms with Crippen LogP contribution in [-0.4, -0.2) is 166 Å². The van der Waals surface area contributed by atoms with E-state index in [-0.39, 0.29) is 73.4 Å². The number of hydrogen-bond donors (Lipinski definition) is 8. The molecule has 127 heavy (non-hydrogen) atoms. The van der Waals surface area contributed by atoms with Crippen molar-refractivity contribution in [3.8, 4) is 0 Å². The molecular formula is C96H91Cl5F2N16O8. The number of anilines is 4. The van der Waals surface area contributed by atoms with Crippen LogP contribution in [0.4, 0.5) is 32.1 Å². The first-order valence-electron chi connectivity index (χ1n) is 38.6. The number of amidine groups is 4. The highest BCUT2D eigenvalue weighted by Gasteiger charge is 2.25. The lowest BCUT2D eigenvalue weighted by molar-refractivity contribution is 0.0976. The molecule has 652 valence electrons. The van der Waals surface area contributed by atoms with Gasteiger partial charge in [-0.3, -0.25) is 60.0 Å². The molecule has 8 aromatic carbocycles. The minimum atomic E-state index is -0.707. The molecule has 0 saturated carbocycles. The summed E-state index contributed by atoms with van der Waals surface area (Å²) in [5, 5.41) is 44.9. The summed E-state index contributed by atoms with van der Waals surface area (Å²) in [5.74, 6) is -1.90. The Bertz CT molecular complexity index is 6120. The maximum atomic E-state index is 14.6. The van der Waals surface area contributed by atoms with Crippen LogP contribution in [0.5, 0.6) is 0 Å². The van der Waals surface area contributed by atoms with E-state index in [0.717, 1.165) is 22.3 Å². The molecule has 4 amide bonds. The van der Waals surface area contributed by atoms with Crippen molar-refractivity contribution in [3.63, 3.8) is 0 Å². The Morgan fingerprint density at radius 2 is 0.598 bits per heavy atom. The molecule has 0 unspecified atom stereocenters. The van der Waals surface area contributed by atoms with Crippen molar-refractivity contribution in [2.75, 3.05) is 77.6 Å². The number of nitrogens with one attached hydrogen (secondary N) is 8. The molecule has 0 radical (unpaired) electrons. The highest BCUT2D eigenvalue weighted by molar-refractivity contribution is 6.33. The van der Waals surface area contributed by atoms with E-state index in [0.29, 0.717) is 132 Å². The van der Waals surface area contributed by atoms with Crippen molar-refractivity contribution >= 4 is 151 Å². The summed E-state index contributed by atoms with van der Waals surface area (Å²) in [7, 11) is 13.9. The lowest BCUT2D eigenvalue weighted by Crippen LogP contribution is -2.22. The Labute approximate surface area is 759 Å². The normalized spacial score (nSPS) is 10.4. The fourth-order valence-corrected chi connectivity index (χ4v) is 13.0. The molecule has 8 N–H and O–H groups in total. The molecular weight excluding hydrogens is 1720 g/mol. The second-order valence-electron chi connectivity index (χ2n) is 29.4. The number of hydrogen-bond acceptors (Lipinski definition) is 16. The highest BCUT2D eigenvalue weighted by atomic mass is 35.5. The van der Waals surface area contributed by atoms with E-state index in [1.165, 1.54) is 61.2 Å². The number of carbonyl (C=O) groups is 8. The van der Waals surface area contributed by atoms with E-state index in [2.05, 4.69) is 41.2 Å². The summed E-state index contributed by atoms with van der Waals surface area (Å²) < 4.78 is 29.2. The first-order valence-corrected chi connectivity index (χ1v) is 40.4. The molecule has 0 aliphatic rings. The maximum Gasteiger partial charge on any atom is 0.257 e. The van der Waals surface area contributed by atoms with Gasteiger partial charge in [0.15, 0.2) is 23.1 Å². The number of carbonyl (C=O) groups excluding carboxylic acids is 8. The zero-order valence-electron chi connectivity index (χ0n) is 70.3. The number of aromatic nitrogens is 4. The van der Waals surface area contributed by atoms with E-state index >= 15 is 0 Å². The SMILES string of the molecule is C.CN(C)C(=N)c1ccc(C(=O)Cc2ccccc2C(=O)Nc2ccc(Cl)cn2)c(F)c1.Cc1cc(Cl)c(CC(=O)c2ccc(C(=N)N(C)C)cc2)c(C(=O)Nc2ccc(Cl)cn2)c1.Cc1ccc(CC(=O)c2ccc(C(=N)N(C)C)cc2)c(C(=O)Nc2ccc(Cl)cn2)c1.Cc1ccc(CC(=O)c2ccc(C(=N)N(C)C)cc2F)c(C(=O)Nc2ccc(Cl)cn2)c1. The first kappa shape index (κ1) is 98.5. The van der Waals surface area contributed by atoms with Crippen LogP contribution in [0.25, 0.3) is 0 Å². The average molecular weight is 1810 g/mol. The monoisotopic (exact) mass is 1810 g/mol. The van der Waals surface area contributed by atoms with Gasteiger partial charge in [0.2, 0.25) is 0 Å². The zero-order valence-corrected chi connectivity index (χ0v) is 74.0. The smallest absolute Gasteiger partial charge is 0.257 e. The van der Waals surface area contributed by atoms with E-state index < -0.39 is 40.9 Å². The fraction of sp³-hybridized carbons (Fsp3) is 0.167. The van der Waals surface area contributed by atoms with Gasteiger partial charge in [-0.05, 0) is 152 Å². The summed E-state index contributed by atoms with van der Waals surface area (Å²) in [6.45, 7) is 5.55. The summed E-state index contributed by atoms with van der Waals surface area (Å²) in [5.41, 5.74) is 8.89. The van der Waals surface area contributed by atoms with Crippen molar-refractivity contribution in [1.29, 1.82) is 21.6 Å². The standard InChI is InChI=1S/C24H22Cl2N4O2.C24H22ClFN4O2.C24H23ClN4O2.C23H20ClFN4O2.CH4/c1-14-10-19(24(32)29-22-9-8-17(25)13-28-22)18(20(26)11-14)12-21(31)15-4-6-16(7-5-15)23(27)30(2)3;1-14-4-5-15(19(10-14)24(32)29-22-9-7-17(25)13-28-22)12-21(31)18-8-6-16(11-20(18)26)23(27)30(2)3;1-15-4-5-18(20(12-15)24(31)28-22-11-10-19(25)14-27-22)13-21(30)16-6-8-17(9-7-16)23(26)29(2)3;1-29(2)22(26)15-7-9-18(19(25)11-15)20(30)12-14-5-3-4-6-17(14)23(31)28-21-10-8-16(24)13-27-21;/h2*4-11,13,27H,12H2,1-3H3,(H,28,29,32);4-12,14,26H,13H2,1-3H3,(H,27,28,31);3-11,13,26H,12H2,1-2H3,(H,27,28,31);1H4. The summed E-state index contributed by atoms with van der Waals surface area (Å²) in [6, 6.07) is 55.3. The van der Waals surface area contributed by atoms with E-state index in [1.807, 2.05) is 26.8 Å². The predicted molar refractivity (Wildman–Crippen MR) is 500 cm³/mol. The molecule has 4 aromatic heterocycles. The number of benzene rings is 8.